The summed E-state index contributed by atoms with van der Waals surface area (Å²) < 4.78 is 10.7. The van der Waals surface area contributed by atoms with Crippen LogP contribution in [0.25, 0.3) is 22.5 Å². The van der Waals surface area contributed by atoms with Crippen LogP contribution >= 0.6 is 0 Å². The maximum absolute atomic E-state index is 12.5. The van der Waals surface area contributed by atoms with E-state index in [0.717, 1.165) is 16.9 Å². The molecule has 2 heterocycles. The van der Waals surface area contributed by atoms with Gasteiger partial charge in [0.15, 0.2) is 0 Å². The van der Waals surface area contributed by atoms with Crippen molar-refractivity contribution in [2.75, 3.05) is 12.4 Å². The molecule has 1 amide bonds. The van der Waals surface area contributed by atoms with Crippen LogP contribution in [0, 0.1) is 0 Å². The lowest BCUT2D eigenvalue weighted by Crippen LogP contribution is -2.14. The molecule has 7 heteroatoms. The quantitative estimate of drug-likeness (QED) is 0.539. The van der Waals surface area contributed by atoms with Crippen LogP contribution < -0.4 is 10.1 Å². The predicted molar refractivity (Wildman–Crippen MR) is 108 cm³/mol. The molecule has 0 saturated carbocycles. The van der Waals surface area contributed by atoms with Crippen LogP contribution in [-0.2, 0) is 11.2 Å². The molecule has 2 aromatic heterocycles. The highest BCUT2D eigenvalue weighted by molar-refractivity contribution is 5.97. The molecule has 0 saturated heterocycles. The van der Waals surface area contributed by atoms with Gasteiger partial charge in [-0.25, -0.2) is 9.97 Å². The number of carbonyl (C=O) groups is 1. The summed E-state index contributed by atoms with van der Waals surface area (Å²) in [6.07, 6.45) is 3.29. The number of rotatable bonds is 6. The van der Waals surface area contributed by atoms with Crippen molar-refractivity contribution in [2.24, 2.45) is 0 Å². The number of aromatic nitrogens is 3. The summed E-state index contributed by atoms with van der Waals surface area (Å²) in [6, 6.07) is 18.6. The van der Waals surface area contributed by atoms with E-state index in [9.17, 15) is 4.79 Å². The first-order valence-corrected chi connectivity index (χ1v) is 8.99. The number of hydrogen-bond acceptors (Lipinski definition) is 6. The summed E-state index contributed by atoms with van der Waals surface area (Å²) in [4.78, 5) is 20.8. The number of nitrogens with zero attached hydrogens (tertiary/aromatic N) is 3. The largest absolute Gasteiger partial charge is 0.497 e. The SMILES string of the molecule is COc1ccc(-c2noc(NC(=O)Cc3ccccc3)c2-c2ccncn2)cc1. The highest BCUT2D eigenvalue weighted by atomic mass is 16.5. The van der Waals surface area contributed by atoms with E-state index < -0.39 is 0 Å². The van der Waals surface area contributed by atoms with Gasteiger partial charge >= 0.3 is 0 Å². The third kappa shape index (κ3) is 4.14. The van der Waals surface area contributed by atoms with Gasteiger partial charge in [0, 0.05) is 11.8 Å². The highest BCUT2D eigenvalue weighted by Crippen LogP contribution is 2.37. The first kappa shape index (κ1) is 18.4. The van der Waals surface area contributed by atoms with Crippen molar-refractivity contribution in [1.29, 1.82) is 0 Å². The molecule has 0 spiro atoms. The Bertz CT molecular complexity index is 1090. The molecular weight excluding hydrogens is 368 g/mol. The summed E-state index contributed by atoms with van der Waals surface area (Å²) in [7, 11) is 1.61. The molecule has 4 aromatic rings. The second kappa shape index (κ2) is 8.35. The highest BCUT2D eigenvalue weighted by Gasteiger charge is 2.22. The van der Waals surface area contributed by atoms with Crippen molar-refractivity contribution in [3.63, 3.8) is 0 Å². The van der Waals surface area contributed by atoms with Crippen LogP contribution in [0.1, 0.15) is 5.56 Å². The molecule has 7 nitrogen and oxygen atoms in total. The normalized spacial score (nSPS) is 10.5. The predicted octanol–water partition coefficient (Wildman–Crippen LogP) is 3.99. The number of amides is 1. The fourth-order valence-electron chi connectivity index (χ4n) is 2.95. The Morgan fingerprint density at radius 2 is 1.86 bits per heavy atom. The van der Waals surface area contributed by atoms with Crippen molar-refractivity contribution in [1.82, 2.24) is 15.1 Å². The maximum atomic E-state index is 12.5. The van der Waals surface area contributed by atoms with E-state index >= 15 is 0 Å². The molecule has 144 valence electrons. The van der Waals surface area contributed by atoms with Crippen LogP contribution in [0.15, 0.2) is 77.7 Å². The Labute approximate surface area is 167 Å². The Kier molecular flexibility index (Phi) is 5.29. The Morgan fingerprint density at radius 1 is 1.07 bits per heavy atom. The second-order valence-corrected chi connectivity index (χ2v) is 6.27. The van der Waals surface area contributed by atoms with E-state index in [4.69, 9.17) is 9.26 Å². The van der Waals surface area contributed by atoms with Gasteiger partial charge in [0.2, 0.25) is 11.8 Å². The minimum atomic E-state index is -0.205. The summed E-state index contributed by atoms with van der Waals surface area (Å²) in [5, 5.41) is 7.00. The second-order valence-electron chi connectivity index (χ2n) is 6.27. The Balaban J connectivity index is 1.68. The average molecular weight is 386 g/mol. The van der Waals surface area contributed by atoms with Crippen LogP contribution in [0.5, 0.6) is 5.75 Å². The zero-order chi connectivity index (χ0) is 20.1. The van der Waals surface area contributed by atoms with Crippen molar-refractivity contribution < 1.29 is 14.1 Å². The Hall–Kier alpha value is -4.00. The van der Waals surface area contributed by atoms with Crippen molar-refractivity contribution in [3.8, 4) is 28.3 Å². The van der Waals surface area contributed by atoms with E-state index in [1.807, 2.05) is 54.6 Å². The van der Waals surface area contributed by atoms with E-state index in [1.165, 1.54) is 6.33 Å². The third-order valence-electron chi connectivity index (χ3n) is 4.35. The van der Waals surface area contributed by atoms with Gasteiger partial charge < -0.3 is 9.26 Å². The van der Waals surface area contributed by atoms with Crippen LogP contribution in [0.4, 0.5) is 5.88 Å². The van der Waals surface area contributed by atoms with Gasteiger partial charge in [-0.3, -0.25) is 10.1 Å². The number of carbonyl (C=O) groups excluding carboxylic acids is 1. The van der Waals surface area contributed by atoms with Crippen LogP contribution in [0.3, 0.4) is 0 Å². The van der Waals surface area contributed by atoms with E-state index in [2.05, 4.69) is 20.4 Å². The van der Waals surface area contributed by atoms with Gasteiger partial charge in [0.1, 0.15) is 17.8 Å². The van der Waals surface area contributed by atoms with Crippen molar-refractivity contribution >= 4 is 11.8 Å². The van der Waals surface area contributed by atoms with Gasteiger partial charge in [-0.2, -0.15) is 0 Å². The molecule has 2 aromatic carbocycles. The molecule has 0 unspecified atom stereocenters. The molecule has 0 bridgehead atoms. The summed E-state index contributed by atoms with van der Waals surface area (Å²) in [5.74, 6) is 0.775. The van der Waals surface area contributed by atoms with Gasteiger partial charge in [-0.1, -0.05) is 35.5 Å². The molecule has 29 heavy (non-hydrogen) atoms. The fourth-order valence-corrected chi connectivity index (χ4v) is 2.95. The lowest BCUT2D eigenvalue weighted by atomic mass is 10.0. The molecular formula is C22H18N4O3. The van der Waals surface area contributed by atoms with E-state index in [0.29, 0.717) is 17.0 Å². The monoisotopic (exact) mass is 386 g/mol. The number of methoxy groups -OCH3 is 1. The zero-order valence-electron chi connectivity index (χ0n) is 15.7. The maximum Gasteiger partial charge on any atom is 0.241 e. The van der Waals surface area contributed by atoms with Crippen molar-refractivity contribution in [3.05, 3.63) is 78.8 Å². The minimum Gasteiger partial charge on any atom is -0.497 e. The third-order valence-corrected chi connectivity index (χ3v) is 4.35. The molecule has 0 atom stereocenters. The lowest BCUT2D eigenvalue weighted by Gasteiger charge is -2.06. The van der Waals surface area contributed by atoms with Gasteiger partial charge in [-0.15, -0.1) is 0 Å². The first-order chi connectivity index (χ1) is 14.2. The number of anilines is 1. The molecule has 1 N–H and O–H groups in total. The lowest BCUT2D eigenvalue weighted by molar-refractivity contribution is -0.115. The molecule has 0 fully saturated rings. The smallest absolute Gasteiger partial charge is 0.241 e. The first-order valence-electron chi connectivity index (χ1n) is 8.99. The molecule has 0 aliphatic heterocycles. The number of benzene rings is 2. The standard InChI is InChI=1S/C22H18N4O3/c1-28-17-9-7-16(8-10-17)21-20(18-11-12-23-14-24-18)22(29-26-21)25-19(27)13-15-5-3-2-4-6-15/h2-12,14H,13H2,1H3,(H,25,27). The number of ether oxygens (including phenoxy) is 1. The summed E-state index contributed by atoms with van der Waals surface area (Å²) >= 11 is 0. The molecule has 0 radical (unpaired) electrons. The molecule has 0 aliphatic rings. The van der Waals surface area contributed by atoms with Crippen molar-refractivity contribution in [2.45, 2.75) is 6.42 Å². The van der Waals surface area contributed by atoms with E-state index in [-0.39, 0.29) is 18.2 Å². The minimum absolute atomic E-state index is 0.205. The number of hydrogen-bond donors (Lipinski definition) is 1. The summed E-state index contributed by atoms with van der Waals surface area (Å²) in [5.41, 5.74) is 3.48. The number of nitrogens with one attached hydrogen (secondary N) is 1. The molecule has 4 rings (SSSR count). The topological polar surface area (TPSA) is 90.1 Å². The van der Waals surface area contributed by atoms with E-state index in [1.54, 1.807) is 19.4 Å². The Morgan fingerprint density at radius 3 is 2.55 bits per heavy atom. The fraction of sp³-hybridized carbons (Fsp3) is 0.0909. The average Bonchev–Trinajstić information content (AvgIpc) is 3.18. The van der Waals surface area contributed by atoms with Gasteiger partial charge in [0.25, 0.3) is 0 Å². The van der Waals surface area contributed by atoms with Gasteiger partial charge in [-0.05, 0) is 35.9 Å². The van der Waals surface area contributed by atoms with Gasteiger partial charge in [0.05, 0.1) is 24.8 Å². The molecule has 0 aliphatic carbocycles. The summed E-state index contributed by atoms with van der Waals surface area (Å²) in [6.45, 7) is 0. The van der Waals surface area contributed by atoms with Crippen LogP contribution in [-0.4, -0.2) is 28.1 Å². The zero-order valence-corrected chi connectivity index (χ0v) is 15.7. The van der Waals surface area contributed by atoms with Crippen LogP contribution in [0.2, 0.25) is 0 Å².